The average Bonchev–Trinajstić information content (AvgIpc) is 2.50. The highest BCUT2D eigenvalue weighted by Gasteiger charge is 2.17. The molecule has 0 heterocycles. The molecule has 0 saturated carbocycles. The van der Waals surface area contributed by atoms with Gasteiger partial charge in [0.2, 0.25) is 0 Å². The summed E-state index contributed by atoms with van der Waals surface area (Å²) in [5, 5.41) is 3.39. The lowest BCUT2D eigenvalue weighted by molar-refractivity contribution is -0.141. The topological polar surface area (TPSA) is 56.8 Å². The van der Waals surface area contributed by atoms with E-state index in [4.69, 9.17) is 14.2 Å². The Morgan fingerprint density at radius 3 is 2.33 bits per heavy atom. The van der Waals surface area contributed by atoms with Gasteiger partial charge in [0.1, 0.15) is 0 Å². The number of carbonyl (C=O) groups is 1. The maximum Gasteiger partial charge on any atom is 0.307 e. The molecule has 5 nitrogen and oxygen atoms in total. The monoisotopic (exact) mass is 295 g/mol. The summed E-state index contributed by atoms with van der Waals surface area (Å²) < 4.78 is 15.2. The normalized spacial score (nSPS) is 12.1. The van der Waals surface area contributed by atoms with Crippen molar-refractivity contribution in [3.05, 3.63) is 23.8 Å². The summed E-state index contributed by atoms with van der Waals surface area (Å²) in [6, 6.07) is 5.86. The molecule has 1 atom stereocenters. The lowest BCUT2D eigenvalue weighted by Crippen LogP contribution is -2.35. The molecule has 0 radical (unpaired) electrons. The highest BCUT2D eigenvalue weighted by molar-refractivity contribution is 5.69. The Labute approximate surface area is 126 Å². The van der Waals surface area contributed by atoms with Gasteiger partial charge in [-0.25, -0.2) is 0 Å². The molecule has 5 heteroatoms. The average molecular weight is 295 g/mol. The van der Waals surface area contributed by atoms with Gasteiger partial charge in [-0.3, -0.25) is 4.79 Å². The molecule has 0 aliphatic heterocycles. The van der Waals surface area contributed by atoms with Crippen molar-refractivity contribution in [3.63, 3.8) is 0 Å². The fraction of sp³-hybridized carbons (Fsp3) is 0.562. The summed E-state index contributed by atoms with van der Waals surface area (Å²) in [6.45, 7) is 4.81. The highest BCUT2D eigenvalue weighted by Crippen LogP contribution is 2.27. The molecule has 1 N–H and O–H groups in total. The van der Waals surface area contributed by atoms with Crippen LogP contribution in [0.1, 0.15) is 25.8 Å². The van der Waals surface area contributed by atoms with Gasteiger partial charge in [-0.05, 0) is 23.6 Å². The SMILES string of the molecule is COC(=O)CC(NCc1ccc(OC)c(OC)c1)C(C)C. The third-order valence-corrected chi connectivity index (χ3v) is 3.44. The van der Waals surface area contributed by atoms with Crippen LogP contribution in [0.25, 0.3) is 0 Å². The van der Waals surface area contributed by atoms with Gasteiger partial charge >= 0.3 is 5.97 Å². The Balaban J connectivity index is 2.69. The van der Waals surface area contributed by atoms with Gasteiger partial charge < -0.3 is 19.5 Å². The Kier molecular flexibility index (Phi) is 7.02. The second-order valence-corrected chi connectivity index (χ2v) is 5.20. The molecule has 1 rings (SSSR count). The Morgan fingerprint density at radius 1 is 1.14 bits per heavy atom. The maximum atomic E-state index is 11.4. The van der Waals surface area contributed by atoms with E-state index in [2.05, 4.69) is 19.2 Å². The second-order valence-electron chi connectivity index (χ2n) is 5.20. The lowest BCUT2D eigenvalue weighted by Gasteiger charge is -2.21. The van der Waals surface area contributed by atoms with E-state index in [1.807, 2.05) is 18.2 Å². The predicted octanol–water partition coefficient (Wildman–Crippen LogP) is 2.38. The van der Waals surface area contributed by atoms with Crippen molar-refractivity contribution in [3.8, 4) is 11.5 Å². The standard InChI is InChI=1S/C16H25NO4/c1-11(2)13(9-16(18)21-5)17-10-12-6-7-14(19-3)15(8-12)20-4/h6-8,11,13,17H,9-10H2,1-5H3. The number of benzene rings is 1. The molecule has 0 amide bonds. The first kappa shape index (κ1) is 17.3. The number of ether oxygens (including phenoxy) is 3. The van der Waals surface area contributed by atoms with Crippen molar-refractivity contribution in [2.24, 2.45) is 5.92 Å². The predicted molar refractivity (Wildman–Crippen MR) is 81.6 cm³/mol. The minimum Gasteiger partial charge on any atom is -0.493 e. The smallest absolute Gasteiger partial charge is 0.307 e. The second kappa shape index (κ2) is 8.52. The third-order valence-electron chi connectivity index (χ3n) is 3.44. The third kappa shape index (κ3) is 5.27. The zero-order chi connectivity index (χ0) is 15.8. The van der Waals surface area contributed by atoms with Crippen LogP contribution in [0.4, 0.5) is 0 Å². The Hall–Kier alpha value is -1.75. The van der Waals surface area contributed by atoms with Gasteiger partial charge in [0, 0.05) is 12.6 Å². The molecule has 1 unspecified atom stereocenters. The van der Waals surface area contributed by atoms with Gasteiger partial charge in [0.15, 0.2) is 11.5 Å². The number of rotatable bonds is 8. The van der Waals surface area contributed by atoms with Gasteiger partial charge in [-0.1, -0.05) is 19.9 Å². The van der Waals surface area contributed by atoms with Crippen LogP contribution in [0.5, 0.6) is 11.5 Å². The zero-order valence-electron chi connectivity index (χ0n) is 13.4. The van der Waals surface area contributed by atoms with Crippen molar-refractivity contribution in [1.82, 2.24) is 5.32 Å². The molecular formula is C16H25NO4. The van der Waals surface area contributed by atoms with E-state index in [1.165, 1.54) is 7.11 Å². The summed E-state index contributed by atoms with van der Waals surface area (Å²) in [7, 11) is 4.64. The fourth-order valence-corrected chi connectivity index (χ4v) is 2.05. The summed E-state index contributed by atoms with van der Waals surface area (Å²) >= 11 is 0. The molecule has 0 aliphatic rings. The first-order chi connectivity index (χ1) is 10.0. The Bertz CT molecular complexity index is 460. The van der Waals surface area contributed by atoms with Gasteiger partial charge in [0.05, 0.1) is 27.8 Å². The largest absolute Gasteiger partial charge is 0.493 e. The number of esters is 1. The lowest BCUT2D eigenvalue weighted by atomic mass is 10.0. The molecular weight excluding hydrogens is 270 g/mol. The Morgan fingerprint density at radius 2 is 1.81 bits per heavy atom. The number of hydrogen-bond acceptors (Lipinski definition) is 5. The molecule has 1 aromatic rings. The van der Waals surface area contributed by atoms with Crippen molar-refractivity contribution in [2.75, 3.05) is 21.3 Å². The fourth-order valence-electron chi connectivity index (χ4n) is 2.05. The maximum absolute atomic E-state index is 11.4. The number of carbonyl (C=O) groups excluding carboxylic acids is 1. The van der Waals surface area contributed by atoms with Crippen LogP contribution in [0.2, 0.25) is 0 Å². The molecule has 0 aliphatic carbocycles. The molecule has 118 valence electrons. The van der Waals surface area contributed by atoms with E-state index in [9.17, 15) is 4.79 Å². The van der Waals surface area contributed by atoms with Crippen molar-refractivity contribution in [2.45, 2.75) is 32.9 Å². The first-order valence-electron chi connectivity index (χ1n) is 7.02. The van der Waals surface area contributed by atoms with Crippen molar-refractivity contribution >= 4 is 5.97 Å². The molecule has 0 saturated heterocycles. The van der Waals surface area contributed by atoms with Crippen LogP contribution in [-0.2, 0) is 16.1 Å². The van der Waals surface area contributed by atoms with Gasteiger partial charge in [-0.15, -0.1) is 0 Å². The molecule has 21 heavy (non-hydrogen) atoms. The minimum absolute atomic E-state index is 0.0746. The molecule has 1 aromatic carbocycles. The molecule has 0 aromatic heterocycles. The van der Waals surface area contributed by atoms with E-state index < -0.39 is 0 Å². The van der Waals surface area contributed by atoms with Crippen LogP contribution >= 0.6 is 0 Å². The van der Waals surface area contributed by atoms with Crippen LogP contribution < -0.4 is 14.8 Å². The summed E-state index contributed by atoms with van der Waals surface area (Å²) in [5.74, 6) is 1.54. The first-order valence-corrected chi connectivity index (χ1v) is 7.02. The number of hydrogen-bond donors (Lipinski definition) is 1. The number of nitrogens with one attached hydrogen (secondary N) is 1. The minimum atomic E-state index is -0.200. The van der Waals surface area contributed by atoms with Crippen LogP contribution in [0.3, 0.4) is 0 Å². The van der Waals surface area contributed by atoms with E-state index in [0.29, 0.717) is 30.4 Å². The highest BCUT2D eigenvalue weighted by atomic mass is 16.5. The summed E-state index contributed by atoms with van der Waals surface area (Å²) in [4.78, 5) is 11.4. The van der Waals surface area contributed by atoms with Gasteiger partial charge in [0.25, 0.3) is 0 Å². The van der Waals surface area contributed by atoms with E-state index in [1.54, 1.807) is 14.2 Å². The van der Waals surface area contributed by atoms with E-state index >= 15 is 0 Å². The van der Waals surface area contributed by atoms with Crippen LogP contribution in [0.15, 0.2) is 18.2 Å². The quantitative estimate of drug-likeness (QED) is 0.746. The van der Waals surface area contributed by atoms with E-state index in [-0.39, 0.29) is 12.0 Å². The van der Waals surface area contributed by atoms with Crippen LogP contribution in [-0.4, -0.2) is 33.3 Å². The van der Waals surface area contributed by atoms with Crippen LogP contribution in [0, 0.1) is 5.92 Å². The zero-order valence-corrected chi connectivity index (χ0v) is 13.4. The molecule has 0 fully saturated rings. The van der Waals surface area contributed by atoms with Crippen molar-refractivity contribution in [1.29, 1.82) is 0 Å². The summed E-state index contributed by atoms with van der Waals surface area (Å²) in [5.41, 5.74) is 1.07. The number of methoxy groups -OCH3 is 3. The molecule has 0 spiro atoms. The summed E-state index contributed by atoms with van der Waals surface area (Å²) in [6.07, 6.45) is 0.363. The van der Waals surface area contributed by atoms with Gasteiger partial charge in [-0.2, -0.15) is 0 Å². The van der Waals surface area contributed by atoms with E-state index in [0.717, 1.165) is 5.56 Å². The molecule has 0 bridgehead atoms. The van der Waals surface area contributed by atoms with Crippen molar-refractivity contribution < 1.29 is 19.0 Å².